The van der Waals surface area contributed by atoms with Crippen LogP contribution in [0.2, 0.25) is 0 Å². The fraction of sp³-hybridized carbons (Fsp3) is 0.533. The molecule has 3 nitrogen and oxygen atoms in total. The number of carbonyl (C=O) groups excluding carboxylic acids is 1. The maximum absolute atomic E-state index is 11.3. The van der Waals surface area contributed by atoms with Gasteiger partial charge in [-0.1, -0.05) is 12.1 Å². The van der Waals surface area contributed by atoms with E-state index in [0.29, 0.717) is 5.78 Å². The summed E-state index contributed by atoms with van der Waals surface area (Å²) in [4.78, 5) is 13.7. The van der Waals surface area contributed by atoms with Crippen LogP contribution in [0.4, 0.5) is 0 Å². The van der Waals surface area contributed by atoms with Crippen molar-refractivity contribution in [3.63, 3.8) is 0 Å². The lowest BCUT2D eigenvalue weighted by molar-refractivity contribution is -0.118. The van der Waals surface area contributed by atoms with Crippen molar-refractivity contribution in [2.45, 2.75) is 25.7 Å². The number of ketones is 1. The lowest BCUT2D eigenvalue weighted by atomic mass is 10.1. The van der Waals surface area contributed by atoms with Gasteiger partial charge in [-0.15, -0.1) is 0 Å². The van der Waals surface area contributed by atoms with Crippen LogP contribution in [0.3, 0.4) is 0 Å². The van der Waals surface area contributed by atoms with Crippen molar-refractivity contribution in [2.24, 2.45) is 0 Å². The minimum absolute atomic E-state index is 0.418. The minimum atomic E-state index is 0.418. The molecule has 1 aromatic carbocycles. The number of methoxy groups -OCH3 is 1. The van der Waals surface area contributed by atoms with E-state index in [1.54, 1.807) is 7.11 Å². The average molecular weight is 247 g/mol. The van der Waals surface area contributed by atoms with E-state index in [-0.39, 0.29) is 0 Å². The molecule has 0 aromatic heterocycles. The van der Waals surface area contributed by atoms with Gasteiger partial charge in [-0.25, -0.2) is 0 Å². The Morgan fingerprint density at radius 3 is 2.67 bits per heavy atom. The van der Waals surface area contributed by atoms with Crippen LogP contribution in [0, 0.1) is 0 Å². The van der Waals surface area contributed by atoms with Gasteiger partial charge in [-0.2, -0.15) is 0 Å². The first-order valence-corrected chi connectivity index (χ1v) is 6.65. The first kappa shape index (κ1) is 13.1. The molecule has 0 N–H and O–H groups in total. The Bertz CT molecular complexity index is 386. The van der Waals surface area contributed by atoms with E-state index >= 15 is 0 Å². The van der Waals surface area contributed by atoms with Gasteiger partial charge in [-0.05, 0) is 37.1 Å². The second-order valence-electron chi connectivity index (χ2n) is 4.83. The lowest BCUT2D eigenvalue weighted by Gasteiger charge is -2.19. The van der Waals surface area contributed by atoms with Crippen LogP contribution in [0.5, 0.6) is 5.75 Å². The third kappa shape index (κ3) is 3.84. The van der Waals surface area contributed by atoms with E-state index in [0.717, 1.165) is 51.1 Å². The molecule has 0 saturated carbocycles. The SMILES string of the molecule is COc1ccc(CCN2CCCC(=O)CC2)cc1. The summed E-state index contributed by atoms with van der Waals surface area (Å²) in [6.45, 7) is 3.02. The van der Waals surface area contributed by atoms with Crippen LogP contribution in [0.25, 0.3) is 0 Å². The number of ether oxygens (including phenoxy) is 1. The first-order valence-electron chi connectivity index (χ1n) is 6.65. The van der Waals surface area contributed by atoms with Crippen LogP contribution >= 0.6 is 0 Å². The normalized spacial score (nSPS) is 17.5. The zero-order valence-electron chi connectivity index (χ0n) is 11.0. The Morgan fingerprint density at radius 2 is 1.94 bits per heavy atom. The Kier molecular flexibility index (Phi) is 4.76. The molecule has 0 radical (unpaired) electrons. The monoisotopic (exact) mass is 247 g/mol. The number of Topliss-reactive ketones (excluding diaryl/α,β-unsaturated/α-hetero) is 1. The molecule has 0 amide bonds. The van der Waals surface area contributed by atoms with Gasteiger partial charge in [0.05, 0.1) is 7.11 Å². The predicted molar refractivity (Wildman–Crippen MR) is 72.0 cm³/mol. The number of benzene rings is 1. The molecular formula is C15H21NO2. The number of hydrogen-bond donors (Lipinski definition) is 0. The highest BCUT2D eigenvalue weighted by Gasteiger charge is 2.13. The molecule has 3 heteroatoms. The quantitative estimate of drug-likeness (QED) is 0.817. The van der Waals surface area contributed by atoms with Gasteiger partial charge in [0.2, 0.25) is 0 Å². The predicted octanol–water partition coefficient (Wildman–Crippen LogP) is 2.29. The largest absolute Gasteiger partial charge is 0.497 e. The number of carbonyl (C=O) groups is 1. The molecule has 0 spiro atoms. The summed E-state index contributed by atoms with van der Waals surface area (Å²) in [6, 6.07) is 8.23. The van der Waals surface area contributed by atoms with Crippen LogP contribution < -0.4 is 4.74 Å². The molecular weight excluding hydrogens is 226 g/mol. The zero-order valence-corrected chi connectivity index (χ0v) is 11.0. The molecule has 1 aliphatic heterocycles. The number of nitrogens with zero attached hydrogens (tertiary/aromatic N) is 1. The maximum Gasteiger partial charge on any atom is 0.134 e. The molecule has 0 aliphatic carbocycles. The minimum Gasteiger partial charge on any atom is -0.497 e. The molecule has 98 valence electrons. The van der Waals surface area contributed by atoms with Crippen molar-refractivity contribution in [3.05, 3.63) is 29.8 Å². The smallest absolute Gasteiger partial charge is 0.134 e. The van der Waals surface area contributed by atoms with Gasteiger partial charge < -0.3 is 9.64 Å². The molecule has 1 heterocycles. The summed E-state index contributed by atoms with van der Waals surface area (Å²) in [5.74, 6) is 1.32. The van der Waals surface area contributed by atoms with Gasteiger partial charge in [0.15, 0.2) is 0 Å². The van der Waals surface area contributed by atoms with Gasteiger partial charge in [0.1, 0.15) is 11.5 Å². The highest BCUT2D eigenvalue weighted by atomic mass is 16.5. The maximum atomic E-state index is 11.3. The average Bonchev–Trinajstić information content (AvgIpc) is 2.62. The van der Waals surface area contributed by atoms with Crippen LogP contribution in [0.15, 0.2) is 24.3 Å². The Hall–Kier alpha value is -1.35. The second kappa shape index (κ2) is 6.55. The topological polar surface area (TPSA) is 29.5 Å². The molecule has 1 saturated heterocycles. The van der Waals surface area contributed by atoms with Crippen molar-refractivity contribution in [2.75, 3.05) is 26.7 Å². The van der Waals surface area contributed by atoms with E-state index in [4.69, 9.17) is 4.74 Å². The van der Waals surface area contributed by atoms with Gasteiger partial charge in [0.25, 0.3) is 0 Å². The Morgan fingerprint density at radius 1 is 1.17 bits per heavy atom. The second-order valence-corrected chi connectivity index (χ2v) is 4.83. The number of likely N-dealkylation sites (tertiary alicyclic amines) is 1. The molecule has 2 rings (SSSR count). The third-order valence-corrected chi connectivity index (χ3v) is 3.51. The van der Waals surface area contributed by atoms with Crippen molar-refractivity contribution in [1.82, 2.24) is 4.90 Å². The van der Waals surface area contributed by atoms with Crippen molar-refractivity contribution >= 4 is 5.78 Å². The molecule has 0 atom stereocenters. The van der Waals surface area contributed by atoms with Crippen LogP contribution in [0.1, 0.15) is 24.8 Å². The summed E-state index contributed by atoms with van der Waals surface area (Å²) in [5, 5.41) is 0. The summed E-state index contributed by atoms with van der Waals surface area (Å²) in [5.41, 5.74) is 1.33. The van der Waals surface area contributed by atoms with Gasteiger partial charge >= 0.3 is 0 Å². The lowest BCUT2D eigenvalue weighted by Crippen LogP contribution is -2.27. The zero-order chi connectivity index (χ0) is 12.8. The summed E-state index contributed by atoms with van der Waals surface area (Å²) >= 11 is 0. The number of hydrogen-bond acceptors (Lipinski definition) is 3. The highest BCUT2D eigenvalue weighted by molar-refractivity contribution is 5.78. The molecule has 1 aliphatic rings. The molecule has 0 unspecified atom stereocenters. The van der Waals surface area contributed by atoms with E-state index in [1.807, 2.05) is 12.1 Å². The van der Waals surface area contributed by atoms with Crippen molar-refractivity contribution in [1.29, 1.82) is 0 Å². The molecule has 18 heavy (non-hydrogen) atoms. The number of rotatable bonds is 4. The summed E-state index contributed by atoms with van der Waals surface area (Å²) in [7, 11) is 1.68. The van der Waals surface area contributed by atoms with E-state index in [1.165, 1.54) is 5.56 Å². The van der Waals surface area contributed by atoms with E-state index < -0.39 is 0 Å². The standard InChI is InChI=1S/C15H21NO2/c1-18-15-6-4-13(5-7-15)8-11-16-10-2-3-14(17)9-12-16/h4-7H,2-3,8-12H2,1H3. The summed E-state index contributed by atoms with van der Waals surface area (Å²) < 4.78 is 5.14. The Labute approximate surface area is 109 Å². The highest BCUT2D eigenvalue weighted by Crippen LogP contribution is 2.13. The van der Waals surface area contributed by atoms with E-state index in [9.17, 15) is 4.79 Å². The Balaban J connectivity index is 1.81. The molecule has 1 fully saturated rings. The fourth-order valence-electron chi connectivity index (χ4n) is 2.32. The molecule has 0 bridgehead atoms. The van der Waals surface area contributed by atoms with Crippen LogP contribution in [-0.4, -0.2) is 37.4 Å². The first-order chi connectivity index (χ1) is 8.78. The van der Waals surface area contributed by atoms with Gasteiger partial charge in [-0.3, -0.25) is 4.79 Å². The third-order valence-electron chi connectivity index (χ3n) is 3.51. The van der Waals surface area contributed by atoms with Crippen LogP contribution in [-0.2, 0) is 11.2 Å². The van der Waals surface area contributed by atoms with Gasteiger partial charge in [0, 0.05) is 25.9 Å². The summed E-state index contributed by atoms with van der Waals surface area (Å²) in [6.07, 6.45) is 3.54. The van der Waals surface area contributed by atoms with Crippen molar-refractivity contribution in [3.8, 4) is 5.75 Å². The van der Waals surface area contributed by atoms with E-state index in [2.05, 4.69) is 17.0 Å². The van der Waals surface area contributed by atoms with Crippen molar-refractivity contribution < 1.29 is 9.53 Å². The molecule has 1 aromatic rings. The fourth-order valence-corrected chi connectivity index (χ4v) is 2.32.